The second kappa shape index (κ2) is 5.29. The number of hydrogen-bond donors (Lipinski definition) is 2. The summed E-state index contributed by atoms with van der Waals surface area (Å²) in [6.45, 7) is 0.157. The van der Waals surface area contributed by atoms with Gasteiger partial charge in [-0.1, -0.05) is 30.3 Å². The van der Waals surface area contributed by atoms with E-state index in [1.165, 1.54) is 6.20 Å². The number of rotatable bonds is 5. The monoisotopic (exact) mass is 299 g/mol. The van der Waals surface area contributed by atoms with Crippen LogP contribution in [0, 0.1) is 5.41 Å². The van der Waals surface area contributed by atoms with Crippen molar-refractivity contribution in [1.82, 2.24) is 15.1 Å². The van der Waals surface area contributed by atoms with Crippen molar-refractivity contribution in [2.75, 3.05) is 6.54 Å². The standard InChI is InChI=1S/C16H17N3O3/c1-19-13(11-5-3-2-4-6-11)12(9-18-19)14(20)17-10-16(7-8-16)15(21)22/h2-6,9H,7-8,10H2,1H3,(H,17,20)(H,21,22). The van der Waals surface area contributed by atoms with E-state index < -0.39 is 11.4 Å². The molecule has 22 heavy (non-hydrogen) atoms. The Morgan fingerprint density at radius 2 is 2.00 bits per heavy atom. The average molecular weight is 299 g/mol. The summed E-state index contributed by atoms with van der Waals surface area (Å²) in [5.41, 5.74) is 1.30. The molecule has 2 aromatic rings. The lowest BCUT2D eigenvalue weighted by atomic mass is 10.1. The van der Waals surface area contributed by atoms with Crippen LogP contribution in [0.4, 0.5) is 0 Å². The van der Waals surface area contributed by atoms with Gasteiger partial charge in [-0.05, 0) is 12.8 Å². The highest BCUT2D eigenvalue weighted by Gasteiger charge is 2.50. The molecule has 1 fully saturated rings. The predicted molar refractivity (Wildman–Crippen MR) is 80.3 cm³/mol. The van der Waals surface area contributed by atoms with Crippen LogP contribution in [0.5, 0.6) is 0 Å². The van der Waals surface area contributed by atoms with E-state index >= 15 is 0 Å². The SMILES string of the molecule is Cn1ncc(C(=O)NCC2(C(=O)O)CC2)c1-c1ccccc1. The first-order chi connectivity index (χ1) is 10.5. The van der Waals surface area contributed by atoms with Crippen molar-refractivity contribution >= 4 is 11.9 Å². The molecule has 1 saturated carbocycles. The summed E-state index contributed by atoms with van der Waals surface area (Å²) in [4.78, 5) is 23.5. The first kappa shape index (κ1) is 14.3. The Balaban J connectivity index is 1.81. The number of aryl methyl sites for hydroxylation is 1. The minimum Gasteiger partial charge on any atom is -0.481 e. The molecule has 0 bridgehead atoms. The van der Waals surface area contributed by atoms with Gasteiger partial charge in [0.05, 0.1) is 22.9 Å². The van der Waals surface area contributed by atoms with Crippen LogP contribution in [-0.4, -0.2) is 33.3 Å². The number of aromatic nitrogens is 2. The van der Waals surface area contributed by atoms with E-state index in [0.717, 1.165) is 11.3 Å². The van der Waals surface area contributed by atoms with E-state index in [1.807, 2.05) is 30.3 Å². The van der Waals surface area contributed by atoms with E-state index in [2.05, 4.69) is 10.4 Å². The van der Waals surface area contributed by atoms with Crippen molar-refractivity contribution in [1.29, 1.82) is 0 Å². The molecular weight excluding hydrogens is 282 g/mol. The zero-order valence-electron chi connectivity index (χ0n) is 12.2. The molecule has 1 aliphatic rings. The number of carboxylic acid groups (broad SMARTS) is 1. The maximum atomic E-state index is 12.4. The highest BCUT2D eigenvalue weighted by Crippen LogP contribution is 2.45. The molecule has 3 rings (SSSR count). The van der Waals surface area contributed by atoms with Crippen LogP contribution in [0.1, 0.15) is 23.2 Å². The zero-order valence-corrected chi connectivity index (χ0v) is 12.2. The molecule has 0 aliphatic heterocycles. The normalized spacial score (nSPS) is 15.3. The van der Waals surface area contributed by atoms with Crippen molar-refractivity contribution in [2.45, 2.75) is 12.8 Å². The van der Waals surface area contributed by atoms with Crippen LogP contribution in [0.15, 0.2) is 36.5 Å². The molecule has 0 radical (unpaired) electrons. The Morgan fingerprint density at radius 1 is 1.32 bits per heavy atom. The fourth-order valence-electron chi connectivity index (χ4n) is 2.50. The minimum atomic E-state index is -0.845. The van der Waals surface area contributed by atoms with Crippen molar-refractivity contribution in [3.63, 3.8) is 0 Å². The number of carbonyl (C=O) groups is 2. The van der Waals surface area contributed by atoms with Gasteiger partial charge in [0.1, 0.15) is 0 Å². The van der Waals surface area contributed by atoms with Gasteiger partial charge in [-0.15, -0.1) is 0 Å². The third-order valence-electron chi connectivity index (χ3n) is 4.13. The van der Waals surface area contributed by atoms with Crippen LogP contribution in [0.2, 0.25) is 0 Å². The van der Waals surface area contributed by atoms with Gasteiger partial charge >= 0.3 is 5.97 Å². The smallest absolute Gasteiger partial charge is 0.311 e. The molecule has 1 aliphatic carbocycles. The lowest BCUT2D eigenvalue weighted by Crippen LogP contribution is -2.34. The number of hydrogen-bond acceptors (Lipinski definition) is 3. The molecule has 0 spiro atoms. The first-order valence-corrected chi connectivity index (χ1v) is 7.12. The van der Waals surface area contributed by atoms with E-state index in [9.17, 15) is 9.59 Å². The van der Waals surface area contributed by atoms with Gasteiger partial charge in [-0.3, -0.25) is 14.3 Å². The van der Waals surface area contributed by atoms with E-state index in [1.54, 1.807) is 11.7 Å². The number of amides is 1. The van der Waals surface area contributed by atoms with Gasteiger partial charge in [-0.25, -0.2) is 0 Å². The Labute approximate surface area is 127 Å². The summed E-state index contributed by atoms with van der Waals surface area (Å²) in [5.74, 6) is -1.14. The lowest BCUT2D eigenvalue weighted by molar-refractivity contribution is -0.143. The predicted octanol–water partition coefficient (Wildman–Crippen LogP) is 1.68. The number of carboxylic acids is 1. The van der Waals surface area contributed by atoms with Crippen molar-refractivity contribution < 1.29 is 14.7 Å². The first-order valence-electron chi connectivity index (χ1n) is 7.12. The van der Waals surface area contributed by atoms with Gasteiger partial charge in [0.2, 0.25) is 0 Å². The van der Waals surface area contributed by atoms with Gasteiger partial charge in [0.25, 0.3) is 5.91 Å². The Kier molecular flexibility index (Phi) is 3.44. The maximum absolute atomic E-state index is 12.4. The number of carbonyl (C=O) groups excluding carboxylic acids is 1. The summed E-state index contributed by atoms with van der Waals surface area (Å²) in [7, 11) is 1.78. The second-order valence-corrected chi connectivity index (χ2v) is 5.66. The minimum absolute atomic E-state index is 0.157. The van der Waals surface area contributed by atoms with Gasteiger partial charge in [0, 0.05) is 19.2 Å². The van der Waals surface area contributed by atoms with Crippen LogP contribution in [0.25, 0.3) is 11.3 Å². The molecule has 0 unspecified atom stereocenters. The lowest BCUT2D eigenvalue weighted by Gasteiger charge is -2.11. The molecule has 114 valence electrons. The molecule has 6 heteroatoms. The molecule has 1 aromatic heterocycles. The molecule has 1 amide bonds. The Hall–Kier alpha value is -2.63. The highest BCUT2D eigenvalue weighted by molar-refractivity contribution is 6.00. The quantitative estimate of drug-likeness (QED) is 0.880. The largest absolute Gasteiger partial charge is 0.481 e. The Bertz CT molecular complexity index is 717. The van der Waals surface area contributed by atoms with Gasteiger partial charge in [-0.2, -0.15) is 5.10 Å². The number of nitrogens with zero attached hydrogens (tertiary/aromatic N) is 2. The summed E-state index contributed by atoms with van der Waals surface area (Å²) in [6.07, 6.45) is 2.74. The zero-order chi connectivity index (χ0) is 15.7. The molecule has 6 nitrogen and oxygen atoms in total. The Morgan fingerprint density at radius 3 is 2.59 bits per heavy atom. The molecule has 1 heterocycles. The van der Waals surface area contributed by atoms with E-state index in [4.69, 9.17) is 5.11 Å². The van der Waals surface area contributed by atoms with Crippen LogP contribution >= 0.6 is 0 Å². The van der Waals surface area contributed by atoms with Crippen LogP contribution in [0.3, 0.4) is 0 Å². The number of benzene rings is 1. The van der Waals surface area contributed by atoms with E-state index in [0.29, 0.717) is 18.4 Å². The average Bonchev–Trinajstić information content (AvgIpc) is 3.22. The van der Waals surface area contributed by atoms with Crippen LogP contribution in [-0.2, 0) is 11.8 Å². The summed E-state index contributed by atoms with van der Waals surface area (Å²) in [6, 6.07) is 9.52. The molecule has 2 N–H and O–H groups in total. The fraction of sp³-hybridized carbons (Fsp3) is 0.312. The topological polar surface area (TPSA) is 84.2 Å². The second-order valence-electron chi connectivity index (χ2n) is 5.66. The van der Waals surface area contributed by atoms with Crippen LogP contribution < -0.4 is 5.32 Å². The third-order valence-corrected chi connectivity index (χ3v) is 4.13. The molecule has 0 saturated heterocycles. The van der Waals surface area contributed by atoms with Crippen molar-refractivity contribution in [2.24, 2.45) is 12.5 Å². The third kappa shape index (κ3) is 2.47. The number of nitrogens with one attached hydrogen (secondary N) is 1. The maximum Gasteiger partial charge on any atom is 0.311 e. The van der Waals surface area contributed by atoms with Gasteiger partial charge in [0.15, 0.2) is 0 Å². The number of aliphatic carboxylic acids is 1. The van der Waals surface area contributed by atoms with Gasteiger partial charge < -0.3 is 10.4 Å². The summed E-state index contributed by atoms with van der Waals surface area (Å²) in [5, 5.41) is 16.0. The fourth-order valence-corrected chi connectivity index (χ4v) is 2.50. The molecule has 0 atom stereocenters. The highest BCUT2D eigenvalue weighted by atomic mass is 16.4. The molecular formula is C16H17N3O3. The van der Waals surface area contributed by atoms with E-state index in [-0.39, 0.29) is 12.5 Å². The molecule has 1 aromatic carbocycles. The summed E-state index contributed by atoms with van der Waals surface area (Å²) >= 11 is 0. The summed E-state index contributed by atoms with van der Waals surface area (Å²) < 4.78 is 1.65. The van der Waals surface area contributed by atoms with Crippen molar-refractivity contribution in [3.05, 3.63) is 42.1 Å². The van der Waals surface area contributed by atoms with Crippen molar-refractivity contribution in [3.8, 4) is 11.3 Å².